The molecule has 0 aliphatic heterocycles. The first-order valence-electron chi connectivity index (χ1n) is 5.78. The second-order valence-electron chi connectivity index (χ2n) is 4.22. The summed E-state index contributed by atoms with van der Waals surface area (Å²) in [5.74, 6) is 1.55. The molecule has 1 nitrogen and oxygen atoms in total. The van der Waals surface area contributed by atoms with Gasteiger partial charge >= 0.3 is 0 Å². The molecule has 1 aromatic carbocycles. The van der Waals surface area contributed by atoms with Gasteiger partial charge in [-0.15, -0.1) is 11.6 Å². The summed E-state index contributed by atoms with van der Waals surface area (Å²) < 4.78 is 6.48. The fraction of sp³-hybridized carbons (Fsp3) is 0.538. The van der Waals surface area contributed by atoms with Crippen LogP contribution in [-0.4, -0.2) is 6.61 Å². The van der Waals surface area contributed by atoms with Gasteiger partial charge in [-0.1, -0.05) is 12.5 Å². The van der Waals surface area contributed by atoms with E-state index in [-0.39, 0.29) is 5.38 Å². The molecule has 2 rings (SSSR count). The highest BCUT2D eigenvalue weighted by Gasteiger charge is 2.27. The van der Waals surface area contributed by atoms with Crippen LogP contribution in [0.3, 0.4) is 0 Å². The number of rotatable bonds is 4. The molecule has 0 saturated heterocycles. The van der Waals surface area contributed by atoms with Crippen LogP contribution < -0.4 is 4.74 Å². The van der Waals surface area contributed by atoms with Gasteiger partial charge in [-0.05, 0) is 59.3 Å². The number of halogens is 2. The molecule has 0 heterocycles. The third-order valence-electron chi connectivity index (χ3n) is 3.14. The van der Waals surface area contributed by atoms with E-state index in [4.69, 9.17) is 16.3 Å². The van der Waals surface area contributed by atoms with Crippen LogP contribution in [0.15, 0.2) is 22.7 Å². The molecule has 3 heteroatoms. The fourth-order valence-corrected chi connectivity index (χ4v) is 2.86. The minimum atomic E-state index is 0.153. The van der Waals surface area contributed by atoms with Crippen LogP contribution in [0, 0.1) is 5.92 Å². The first-order chi connectivity index (χ1) is 7.72. The van der Waals surface area contributed by atoms with E-state index in [0.717, 1.165) is 10.2 Å². The molecule has 1 unspecified atom stereocenters. The smallest absolute Gasteiger partial charge is 0.133 e. The molecule has 1 saturated carbocycles. The van der Waals surface area contributed by atoms with E-state index >= 15 is 0 Å². The Kier molecular flexibility index (Phi) is 4.15. The van der Waals surface area contributed by atoms with Gasteiger partial charge in [-0.25, -0.2) is 0 Å². The maximum atomic E-state index is 6.45. The molecular weight excluding hydrogens is 287 g/mol. The Morgan fingerprint density at radius 2 is 2.25 bits per heavy atom. The van der Waals surface area contributed by atoms with Gasteiger partial charge in [0.05, 0.1) is 16.5 Å². The fourth-order valence-electron chi connectivity index (χ4n) is 1.97. The summed E-state index contributed by atoms with van der Waals surface area (Å²) in [5.41, 5.74) is 1.20. The topological polar surface area (TPSA) is 9.23 Å². The van der Waals surface area contributed by atoms with Crippen molar-refractivity contribution in [2.45, 2.75) is 31.6 Å². The lowest BCUT2D eigenvalue weighted by atomic mass is 9.80. The van der Waals surface area contributed by atoms with Gasteiger partial charge in [-0.2, -0.15) is 0 Å². The number of benzene rings is 1. The van der Waals surface area contributed by atoms with Crippen LogP contribution in [0.4, 0.5) is 0 Å². The maximum absolute atomic E-state index is 6.45. The highest BCUT2D eigenvalue weighted by molar-refractivity contribution is 9.10. The van der Waals surface area contributed by atoms with Crippen molar-refractivity contribution in [1.82, 2.24) is 0 Å². The number of hydrogen-bond donors (Lipinski definition) is 0. The van der Waals surface area contributed by atoms with Crippen molar-refractivity contribution in [1.29, 1.82) is 0 Å². The molecule has 88 valence electrons. The molecule has 0 bridgehead atoms. The second kappa shape index (κ2) is 5.42. The first-order valence-corrected chi connectivity index (χ1v) is 7.01. The Hall–Kier alpha value is -0.210. The van der Waals surface area contributed by atoms with Crippen LogP contribution >= 0.6 is 27.5 Å². The summed E-state index contributed by atoms with van der Waals surface area (Å²) >= 11 is 9.97. The number of alkyl halides is 1. The quantitative estimate of drug-likeness (QED) is 0.717. The minimum absolute atomic E-state index is 0.153. The van der Waals surface area contributed by atoms with E-state index in [1.807, 2.05) is 13.0 Å². The Labute approximate surface area is 110 Å². The summed E-state index contributed by atoms with van der Waals surface area (Å²) in [4.78, 5) is 0. The van der Waals surface area contributed by atoms with E-state index in [9.17, 15) is 0 Å². The van der Waals surface area contributed by atoms with Crippen LogP contribution in [0.25, 0.3) is 0 Å². The zero-order valence-corrected chi connectivity index (χ0v) is 11.7. The van der Waals surface area contributed by atoms with Gasteiger partial charge in [0.15, 0.2) is 0 Å². The standard InChI is InChI=1S/C13H16BrClO/c1-2-16-12-7-6-10(8-11(12)14)13(15)9-4-3-5-9/h6-9,13H,2-5H2,1H3. The van der Waals surface area contributed by atoms with Crippen molar-refractivity contribution in [2.24, 2.45) is 5.92 Å². The van der Waals surface area contributed by atoms with E-state index in [0.29, 0.717) is 12.5 Å². The molecule has 16 heavy (non-hydrogen) atoms. The molecule has 0 aromatic heterocycles. The molecule has 1 fully saturated rings. The average molecular weight is 304 g/mol. The second-order valence-corrected chi connectivity index (χ2v) is 5.54. The molecule has 1 aliphatic carbocycles. The van der Waals surface area contributed by atoms with Crippen molar-refractivity contribution in [3.63, 3.8) is 0 Å². The predicted molar refractivity (Wildman–Crippen MR) is 71.2 cm³/mol. The van der Waals surface area contributed by atoms with Crippen LogP contribution in [-0.2, 0) is 0 Å². The number of ether oxygens (including phenoxy) is 1. The Morgan fingerprint density at radius 3 is 2.75 bits per heavy atom. The van der Waals surface area contributed by atoms with E-state index in [1.165, 1.54) is 24.8 Å². The van der Waals surface area contributed by atoms with Crippen molar-refractivity contribution in [3.05, 3.63) is 28.2 Å². The van der Waals surface area contributed by atoms with Gasteiger partial charge in [0.25, 0.3) is 0 Å². The van der Waals surface area contributed by atoms with Crippen LogP contribution in [0.2, 0.25) is 0 Å². The van der Waals surface area contributed by atoms with E-state index < -0.39 is 0 Å². The minimum Gasteiger partial charge on any atom is -0.493 e. The molecule has 0 N–H and O–H groups in total. The molecule has 0 spiro atoms. The molecular formula is C13H16BrClO. The van der Waals surface area contributed by atoms with Crippen LogP contribution in [0.1, 0.15) is 37.1 Å². The summed E-state index contributed by atoms with van der Waals surface area (Å²) in [5, 5.41) is 0.153. The lowest BCUT2D eigenvalue weighted by molar-refractivity contribution is 0.305. The third-order valence-corrected chi connectivity index (χ3v) is 4.37. The summed E-state index contributed by atoms with van der Waals surface area (Å²) in [6.45, 7) is 2.67. The molecule has 0 radical (unpaired) electrons. The van der Waals surface area contributed by atoms with Gasteiger partial charge in [0.2, 0.25) is 0 Å². The lowest BCUT2D eigenvalue weighted by Crippen LogP contribution is -2.16. The Balaban J connectivity index is 2.13. The molecule has 1 atom stereocenters. The monoisotopic (exact) mass is 302 g/mol. The van der Waals surface area contributed by atoms with Gasteiger partial charge in [0.1, 0.15) is 5.75 Å². The van der Waals surface area contributed by atoms with Gasteiger partial charge < -0.3 is 4.74 Å². The summed E-state index contributed by atoms with van der Waals surface area (Å²) in [7, 11) is 0. The SMILES string of the molecule is CCOc1ccc(C(Cl)C2CCC2)cc1Br. The van der Waals surface area contributed by atoms with Crippen molar-refractivity contribution in [3.8, 4) is 5.75 Å². The first kappa shape index (κ1) is 12.3. The summed E-state index contributed by atoms with van der Waals surface area (Å²) in [6.07, 6.45) is 3.85. The largest absolute Gasteiger partial charge is 0.493 e. The summed E-state index contributed by atoms with van der Waals surface area (Å²) in [6, 6.07) is 6.16. The average Bonchev–Trinajstić information content (AvgIpc) is 2.18. The lowest BCUT2D eigenvalue weighted by Gasteiger charge is -2.30. The zero-order chi connectivity index (χ0) is 11.5. The third kappa shape index (κ3) is 2.54. The zero-order valence-electron chi connectivity index (χ0n) is 9.38. The highest BCUT2D eigenvalue weighted by atomic mass is 79.9. The van der Waals surface area contributed by atoms with Crippen LogP contribution in [0.5, 0.6) is 5.75 Å². The normalized spacial score (nSPS) is 17.9. The van der Waals surface area contributed by atoms with Crippen molar-refractivity contribution < 1.29 is 4.74 Å². The van der Waals surface area contributed by atoms with Gasteiger partial charge in [0, 0.05) is 0 Å². The Bertz CT molecular complexity index is 363. The molecule has 1 aliphatic rings. The maximum Gasteiger partial charge on any atom is 0.133 e. The molecule has 0 amide bonds. The van der Waals surface area contributed by atoms with Crippen molar-refractivity contribution >= 4 is 27.5 Å². The van der Waals surface area contributed by atoms with E-state index in [1.54, 1.807) is 0 Å². The molecule has 1 aromatic rings. The van der Waals surface area contributed by atoms with Crippen molar-refractivity contribution in [2.75, 3.05) is 6.61 Å². The predicted octanol–water partition coefficient (Wildman–Crippen LogP) is 4.93. The van der Waals surface area contributed by atoms with Gasteiger partial charge in [-0.3, -0.25) is 0 Å². The highest BCUT2D eigenvalue weighted by Crippen LogP contribution is 2.43. The number of hydrogen-bond acceptors (Lipinski definition) is 1. The van der Waals surface area contributed by atoms with E-state index in [2.05, 4.69) is 28.1 Å². The Morgan fingerprint density at radius 1 is 1.50 bits per heavy atom.